The smallest absolute Gasteiger partial charge is 0.328 e. The largest absolute Gasteiger partial charge is 0.467 e. The van der Waals surface area contributed by atoms with Gasteiger partial charge in [0.2, 0.25) is 5.91 Å². The summed E-state index contributed by atoms with van der Waals surface area (Å²) in [5.74, 6) is -0.839. The third-order valence-corrected chi connectivity index (χ3v) is 2.28. The number of hydrogen-bond acceptors (Lipinski definition) is 4. The van der Waals surface area contributed by atoms with Crippen LogP contribution in [0.1, 0.15) is 12.5 Å². The lowest BCUT2D eigenvalue weighted by molar-refractivity contribution is -0.144. The zero-order chi connectivity index (χ0) is 13.5. The van der Waals surface area contributed by atoms with Crippen LogP contribution in [-0.4, -0.2) is 25.0 Å². The van der Waals surface area contributed by atoms with E-state index in [9.17, 15) is 9.59 Å². The van der Waals surface area contributed by atoms with Crippen LogP contribution in [0.3, 0.4) is 0 Å². The first-order chi connectivity index (χ1) is 8.52. The quantitative estimate of drug-likeness (QED) is 0.472. The standard InChI is InChI=1S/C13H16N2O3/c1-9(13(17)18-2)15-12(16)8-5-10-3-6-11(14)7-4-10/h3-9H,14H2,1-2H3,(H,15,16)/b8-5+. The molecule has 1 atom stereocenters. The number of esters is 1. The van der Waals surface area contributed by atoms with E-state index in [4.69, 9.17) is 5.73 Å². The lowest BCUT2D eigenvalue weighted by atomic mass is 10.2. The van der Waals surface area contributed by atoms with Crippen molar-refractivity contribution in [1.29, 1.82) is 0 Å². The molecule has 0 fully saturated rings. The van der Waals surface area contributed by atoms with Crippen molar-refractivity contribution in [3.63, 3.8) is 0 Å². The monoisotopic (exact) mass is 248 g/mol. The molecule has 5 heteroatoms. The fourth-order valence-corrected chi connectivity index (χ4v) is 1.28. The van der Waals surface area contributed by atoms with Crippen molar-refractivity contribution in [3.05, 3.63) is 35.9 Å². The van der Waals surface area contributed by atoms with Gasteiger partial charge in [0.1, 0.15) is 6.04 Å². The number of benzene rings is 1. The van der Waals surface area contributed by atoms with E-state index in [-0.39, 0.29) is 5.91 Å². The third-order valence-electron chi connectivity index (χ3n) is 2.28. The number of methoxy groups -OCH3 is 1. The predicted molar refractivity (Wildman–Crippen MR) is 69.5 cm³/mol. The summed E-state index contributed by atoms with van der Waals surface area (Å²) in [6, 6.07) is 6.41. The Labute approximate surface area is 106 Å². The van der Waals surface area contributed by atoms with Gasteiger partial charge < -0.3 is 15.8 Å². The van der Waals surface area contributed by atoms with Crippen LogP contribution in [0.15, 0.2) is 30.3 Å². The van der Waals surface area contributed by atoms with Gasteiger partial charge in [0.05, 0.1) is 7.11 Å². The molecule has 0 aliphatic heterocycles. The molecule has 96 valence electrons. The molecule has 0 radical (unpaired) electrons. The van der Waals surface area contributed by atoms with Crippen molar-refractivity contribution >= 4 is 23.6 Å². The molecule has 0 aliphatic carbocycles. The second-order valence-corrected chi connectivity index (χ2v) is 3.75. The van der Waals surface area contributed by atoms with Crippen LogP contribution >= 0.6 is 0 Å². The van der Waals surface area contributed by atoms with E-state index in [0.717, 1.165) is 5.56 Å². The van der Waals surface area contributed by atoms with Crippen molar-refractivity contribution in [2.24, 2.45) is 0 Å². The number of rotatable bonds is 4. The molecule has 3 N–H and O–H groups in total. The minimum Gasteiger partial charge on any atom is -0.467 e. The number of amides is 1. The maximum atomic E-state index is 11.5. The lowest BCUT2D eigenvalue weighted by Gasteiger charge is -2.09. The summed E-state index contributed by atoms with van der Waals surface area (Å²) in [6.45, 7) is 1.56. The molecule has 18 heavy (non-hydrogen) atoms. The van der Waals surface area contributed by atoms with E-state index in [2.05, 4.69) is 10.1 Å². The molecule has 0 aliphatic rings. The highest BCUT2D eigenvalue weighted by atomic mass is 16.5. The number of hydrogen-bond donors (Lipinski definition) is 2. The Bertz CT molecular complexity index is 452. The highest BCUT2D eigenvalue weighted by Crippen LogP contribution is 2.06. The first-order valence-corrected chi connectivity index (χ1v) is 5.45. The molecule has 0 aromatic heterocycles. The topological polar surface area (TPSA) is 81.4 Å². The van der Waals surface area contributed by atoms with Crippen LogP contribution < -0.4 is 11.1 Å². The predicted octanol–water partition coefficient (Wildman–Crippen LogP) is 0.960. The van der Waals surface area contributed by atoms with E-state index in [1.165, 1.54) is 13.2 Å². The van der Waals surface area contributed by atoms with E-state index in [0.29, 0.717) is 5.69 Å². The summed E-state index contributed by atoms with van der Waals surface area (Å²) < 4.78 is 4.50. The van der Waals surface area contributed by atoms with Crippen molar-refractivity contribution < 1.29 is 14.3 Å². The molecule has 1 aromatic carbocycles. The second kappa shape index (κ2) is 6.44. The molecular formula is C13H16N2O3. The van der Waals surface area contributed by atoms with Crippen molar-refractivity contribution in [2.75, 3.05) is 12.8 Å². The Balaban J connectivity index is 2.54. The highest BCUT2D eigenvalue weighted by molar-refractivity contribution is 5.94. The maximum absolute atomic E-state index is 11.5. The van der Waals surface area contributed by atoms with Crippen LogP contribution in [0, 0.1) is 0 Å². The minimum atomic E-state index is -0.668. The molecular weight excluding hydrogens is 232 g/mol. The molecule has 1 unspecified atom stereocenters. The van der Waals surface area contributed by atoms with Crippen molar-refractivity contribution in [1.82, 2.24) is 5.32 Å². The molecule has 0 saturated carbocycles. The molecule has 0 spiro atoms. The van der Waals surface area contributed by atoms with Gasteiger partial charge in [-0.3, -0.25) is 4.79 Å². The summed E-state index contributed by atoms with van der Waals surface area (Å²) in [5, 5.41) is 2.49. The Morgan fingerprint density at radius 3 is 2.50 bits per heavy atom. The van der Waals surface area contributed by atoms with Crippen LogP contribution in [0.2, 0.25) is 0 Å². The molecule has 5 nitrogen and oxygen atoms in total. The van der Waals surface area contributed by atoms with Gasteiger partial charge in [-0.2, -0.15) is 0 Å². The second-order valence-electron chi connectivity index (χ2n) is 3.75. The molecule has 1 amide bonds. The van der Waals surface area contributed by atoms with Crippen molar-refractivity contribution in [3.8, 4) is 0 Å². The third kappa shape index (κ3) is 4.29. The SMILES string of the molecule is COC(=O)C(C)NC(=O)/C=C/c1ccc(N)cc1. The number of carbonyl (C=O) groups excluding carboxylic acids is 2. The average Bonchev–Trinajstić information content (AvgIpc) is 2.37. The lowest BCUT2D eigenvalue weighted by Crippen LogP contribution is -2.38. The minimum absolute atomic E-state index is 0.357. The summed E-state index contributed by atoms with van der Waals surface area (Å²) in [6.07, 6.45) is 2.99. The molecule has 1 rings (SSSR count). The number of ether oxygens (including phenoxy) is 1. The fraction of sp³-hybridized carbons (Fsp3) is 0.231. The van der Waals surface area contributed by atoms with E-state index in [1.54, 1.807) is 37.3 Å². The Hall–Kier alpha value is -2.30. The Morgan fingerprint density at radius 2 is 1.94 bits per heavy atom. The van der Waals surface area contributed by atoms with Gasteiger partial charge in [0.15, 0.2) is 0 Å². The maximum Gasteiger partial charge on any atom is 0.328 e. The molecule has 0 bridgehead atoms. The summed E-state index contributed by atoms with van der Waals surface area (Å²) in [4.78, 5) is 22.6. The number of anilines is 1. The van der Waals surface area contributed by atoms with Crippen LogP contribution in [0.25, 0.3) is 6.08 Å². The van der Waals surface area contributed by atoms with Crippen molar-refractivity contribution in [2.45, 2.75) is 13.0 Å². The summed E-state index contributed by atoms with van der Waals surface area (Å²) >= 11 is 0. The first kappa shape index (κ1) is 13.8. The number of nitrogens with two attached hydrogens (primary N) is 1. The number of nitrogens with one attached hydrogen (secondary N) is 1. The zero-order valence-electron chi connectivity index (χ0n) is 10.3. The van der Waals surface area contributed by atoms with Crippen LogP contribution in [0.5, 0.6) is 0 Å². The van der Waals surface area contributed by atoms with Crippen LogP contribution in [-0.2, 0) is 14.3 Å². The molecule has 0 saturated heterocycles. The fourth-order valence-electron chi connectivity index (χ4n) is 1.28. The van der Waals surface area contributed by atoms with Gasteiger partial charge in [-0.05, 0) is 30.7 Å². The highest BCUT2D eigenvalue weighted by Gasteiger charge is 2.13. The summed E-state index contributed by atoms with van der Waals surface area (Å²) in [5.41, 5.74) is 7.06. The van der Waals surface area contributed by atoms with Gasteiger partial charge in [-0.25, -0.2) is 4.79 Å². The summed E-state index contributed by atoms with van der Waals surface area (Å²) in [7, 11) is 1.27. The van der Waals surface area contributed by atoms with Crippen LogP contribution in [0.4, 0.5) is 5.69 Å². The van der Waals surface area contributed by atoms with E-state index < -0.39 is 12.0 Å². The first-order valence-electron chi connectivity index (χ1n) is 5.45. The van der Waals surface area contributed by atoms with Gasteiger partial charge in [-0.15, -0.1) is 0 Å². The zero-order valence-corrected chi connectivity index (χ0v) is 10.3. The Kier molecular flexibility index (Phi) is 4.92. The van der Waals surface area contributed by atoms with E-state index in [1.807, 2.05) is 0 Å². The number of nitrogen functional groups attached to an aromatic ring is 1. The van der Waals surface area contributed by atoms with Gasteiger partial charge in [0.25, 0.3) is 0 Å². The van der Waals surface area contributed by atoms with E-state index >= 15 is 0 Å². The van der Waals surface area contributed by atoms with Gasteiger partial charge in [-0.1, -0.05) is 12.1 Å². The normalized spacial score (nSPS) is 12.1. The molecule has 1 aromatic rings. The molecule has 0 heterocycles. The number of carbonyl (C=O) groups is 2. The van der Waals surface area contributed by atoms with Gasteiger partial charge in [0, 0.05) is 11.8 Å². The van der Waals surface area contributed by atoms with Gasteiger partial charge >= 0.3 is 5.97 Å². The Morgan fingerprint density at radius 1 is 1.33 bits per heavy atom. The average molecular weight is 248 g/mol.